The van der Waals surface area contributed by atoms with E-state index in [1.165, 1.54) is 24.8 Å². The summed E-state index contributed by atoms with van der Waals surface area (Å²) in [5, 5.41) is 7.99. The van der Waals surface area contributed by atoms with E-state index in [2.05, 4.69) is 22.3 Å². The predicted octanol–water partition coefficient (Wildman–Crippen LogP) is 3.59. The third kappa shape index (κ3) is 2.36. The Morgan fingerprint density at radius 3 is 2.40 bits per heavy atom. The molecule has 0 bridgehead atoms. The summed E-state index contributed by atoms with van der Waals surface area (Å²) in [5.41, 5.74) is 4.18. The number of aromatic nitrogens is 2. The number of carbonyl (C=O) groups excluding carboxylic acids is 1. The quantitative estimate of drug-likeness (QED) is 0.797. The topological polar surface area (TPSA) is 42.9 Å². The molecule has 0 unspecified atom stereocenters. The molecule has 0 amide bonds. The Bertz CT molecular complexity index is 643. The molecule has 102 valence electrons. The van der Waals surface area contributed by atoms with E-state index in [4.69, 9.17) is 0 Å². The zero-order valence-corrected chi connectivity index (χ0v) is 11.9. The number of nitrogens with zero attached hydrogens (tertiary/aromatic N) is 2. The van der Waals surface area contributed by atoms with Gasteiger partial charge in [0.05, 0.1) is 11.4 Å². The molecule has 1 aliphatic rings. The van der Waals surface area contributed by atoms with Crippen molar-refractivity contribution in [2.75, 3.05) is 0 Å². The Morgan fingerprint density at radius 2 is 1.80 bits per heavy atom. The van der Waals surface area contributed by atoms with E-state index < -0.39 is 0 Å². The van der Waals surface area contributed by atoms with Crippen LogP contribution in [-0.4, -0.2) is 16.0 Å². The second-order valence-electron chi connectivity index (χ2n) is 5.56. The molecule has 1 saturated carbocycles. The maximum absolute atomic E-state index is 12.5. The number of hydrogen-bond acceptors (Lipinski definition) is 3. The molecule has 1 aromatic carbocycles. The van der Waals surface area contributed by atoms with Crippen molar-refractivity contribution in [1.29, 1.82) is 0 Å². The number of ketones is 1. The summed E-state index contributed by atoms with van der Waals surface area (Å²) in [4.78, 5) is 12.5. The second kappa shape index (κ2) is 5.16. The molecular formula is C17H18N2O. The van der Waals surface area contributed by atoms with Crippen LogP contribution in [0, 0.1) is 13.8 Å². The van der Waals surface area contributed by atoms with Gasteiger partial charge in [0.2, 0.25) is 0 Å². The first-order valence-electron chi connectivity index (χ1n) is 7.11. The lowest BCUT2D eigenvalue weighted by Crippen LogP contribution is -2.10. The van der Waals surface area contributed by atoms with Crippen LogP contribution in [0.1, 0.15) is 58.1 Å². The molecule has 1 heterocycles. The van der Waals surface area contributed by atoms with Gasteiger partial charge in [0.15, 0.2) is 5.78 Å². The summed E-state index contributed by atoms with van der Waals surface area (Å²) in [6.45, 7) is 3.67. The van der Waals surface area contributed by atoms with E-state index in [1.54, 1.807) is 0 Å². The van der Waals surface area contributed by atoms with E-state index in [1.807, 2.05) is 32.0 Å². The molecule has 20 heavy (non-hydrogen) atoms. The average molecular weight is 266 g/mol. The molecule has 3 heteroatoms. The molecule has 3 nitrogen and oxygen atoms in total. The van der Waals surface area contributed by atoms with Crippen molar-refractivity contribution in [1.82, 2.24) is 10.2 Å². The highest BCUT2D eigenvalue weighted by molar-refractivity contribution is 6.09. The van der Waals surface area contributed by atoms with Gasteiger partial charge in [-0.15, -0.1) is 0 Å². The lowest BCUT2D eigenvalue weighted by molar-refractivity contribution is 0.103. The number of benzene rings is 1. The Labute approximate surface area is 119 Å². The Kier molecular flexibility index (Phi) is 3.35. The fourth-order valence-corrected chi connectivity index (χ4v) is 2.58. The zero-order valence-electron chi connectivity index (χ0n) is 11.9. The number of carbonyl (C=O) groups is 1. The van der Waals surface area contributed by atoms with E-state index in [0.29, 0.717) is 17.2 Å². The van der Waals surface area contributed by atoms with Crippen molar-refractivity contribution >= 4 is 5.78 Å². The van der Waals surface area contributed by atoms with Gasteiger partial charge in [0.25, 0.3) is 0 Å². The highest BCUT2D eigenvalue weighted by Crippen LogP contribution is 2.36. The maximum atomic E-state index is 12.5. The first-order chi connectivity index (χ1) is 9.65. The number of rotatable bonds is 3. The van der Waals surface area contributed by atoms with Gasteiger partial charge in [-0.2, -0.15) is 10.2 Å². The molecule has 2 aromatic rings. The van der Waals surface area contributed by atoms with E-state index >= 15 is 0 Å². The van der Waals surface area contributed by atoms with E-state index in [-0.39, 0.29) is 5.78 Å². The summed E-state index contributed by atoms with van der Waals surface area (Å²) < 4.78 is 0. The van der Waals surface area contributed by atoms with Crippen LogP contribution >= 0.6 is 0 Å². The Hall–Kier alpha value is -2.03. The normalized spacial score (nSPS) is 14.9. The fourth-order valence-electron chi connectivity index (χ4n) is 2.58. The summed E-state index contributed by atoms with van der Waals surface area (Å²) in [6, 6.07) is 9.86. The van der Waals surface area contributed by atoms with Crippen LogP contribution in [0.5, 0.6) is 0 Å². The standard InChI is InChI=1S/C17H18N2O/c1-11-10-16(12(2)19-18-11)17(20)15-8-6-14(7-9-15)13-4-3-5-13/h6-10,13H,3-5H2,1-2H3. The minimum atomic E-state index is 0.0284. The van der Waals surface area contributed by atoms with Crippen molar-refractivity contribution in [2.45, 2.75) is 39.0 Å². The monoisotopic (exact) mass is 266 g/mol. The summed E-state index contributed by atoms with van der Waals surface area (Å²) >= 11 is 0. The molecule has 1 fully saturated rings. The Morgan fingerprint density at radius 1 is 1.10 bits per heavy atom. The molecule has 0 aliphatic heterocycles. The highest BCUT2D eigenvalue weighted by atomic mass is 16.1. The van der Waals surface area contributed by atoms with Crippen molar-refractivity contribution in [3.05, 3.63) is 58.4 Å². The summed E-state index contributed by atoms with van der Waals surface area (Å²) in [5.74, 6) is 0.728. The predicted molar refractivity (Wildman–Crippen MR) is 78.0 cm³/mol. The summed E-state index contributed by atoms with van der Waals surface area (Å²) in [6.07, 6.45) is 3.88. The van der Waals surface area contributed by atoms with Crippen LogP contribution < -0.4 is 0 Å². The van der Waals surface area contributed by atoms with Gasteiger partial charge in [0, 0.05) is 11.1 Å². The average Bonchev–Trinajstić information content (AvgIpc) is 2.40. The molecule has 0 N–H and O–H groups in total. The van der Waals surface area contributed by atoms with Crippen molar-refractivity contribution in [2.24, 2.45) is 0 Å². The summed E-state index contributed by atoms with van der Waals surface area (Å²) in [7, 11) is 0. The van der Waals surface area contributed by atoms with Crippen molar-refractivity contribution < 1.29 is 4.79 Å². The van der Waals surface area contributed by atoms with Crippen LogP contribution in [0.4, 0.5) is 0 Å². The molecule has 3 rings (SSSR count). The van der Waals surface area contributed by atoms with Gasteiger partial charge < -0.3 is 0 Å². The van der Waals surface area contributed by atoms with Crippen molar-refractivity contribution in [3.63, 3.8) is 0 Å². The van der Waals surface area contributed by atoms with Crippen LogP contribution in [0.2, 0.25) is 0 Å². The SMILES string of the molecule is Cc1cc(C(=O)c2ccc(C3CCC3)cc2)c(C)nn1. The number of aryl methyl sites for hydroxylation is 2. The Balaban J connectivity index is 1.88. The van der Waals surface area contributed by atoms with Gasteiger partial charge in [-0.3, -0.25) is 4.79 Å². The molecular weight excluding hydrogens is 248 g/mol. The van der Waals surface area contributed by atoms with Crippen LogP contribution in [0.3, 0.4) is 0 Å². The fraction of sp³-hybridized carbons (Fsp3) is 0.353. The van der Waals surface area contributed by atoms with Crippen LogP contribution in [0.15, 0.2) is 30.3 Å². The van der Waals surface area contributed by atoms with Gasteiger partial charge in [-0.1, -0.05) is 30.7 Å². The largest absolute Gasteiger partial charge is 0.289 e. The van der Waals surface area contributed by atoms with Gasteiger partial charge >= 0.3 is 0 Å². The van der Waals surface area contributed by atoms with Crippen molar-refractivity contribution in [3.8, 4) is 0 Å². The molecule has 1 aliphatic carbocycles. The minimum absolute atomic E-state index is 0.0284. The maximum Gasteiger partial charge on any atom is 0.194 e. The molecule has 0 radical (unpaired) electrons. The van der Waals surface area contributed by atoms with Gasteiger partial charge in [-0.05, 0) is 44.2 Å². The lowest BCUT2D eigenvalue weighted by Gasteiger charge is -2.25. The van der Waals surface area contributed by atoms with Gasteiger partial charge in [-0.25, -0.2) is 0 Å². The van der Waals surface area contributed by atoms with Crippen LogP contribution in [0.25, 0.3) is 0 Å². The molecule has 0 saturated heterocycles. The third-order valence-corrected chi connectivity index (χ3v) is 4.09. The third-order valence-electron chi connectivity index (χ3n) is 4.09. The van der Waals surface area contributed by atoms with Gasteiger partial charge in [0.1, 0.15) is 0 Å². The second-order valence-corrected chi connectivity index (χ2v) is 5.56. The van der Waals surface area contributed by atoms with Crippen LogP contribution in [-0.2, 0) is 0 Å². The first kappa shape index (κ1) is 13.0. The lowest BCUT2D eigenvalue weighted by atomic mass is 9.80. The van der Waals surface area contributed by atoms with E-state index in [9.17, 15) is 4.79 Å². The highest BCUT2D eigenvalue weighted by Gasteiger charge is 2.20. The molecule has 1 aromatic heterocycles. The minimum Gasteiger partial charge on any atom is -0.289 e. The molecule has 0 spiro atoms. The zero-order chi connectivity index (χ0) is 14.1. The smallest absolute Gasteiger partial charge is 0.194 e. The first-order valence-corrected chi connectivity index (χ1v) is 7.11. The van der Waals surface area contributed by atoms with E-state index in [0.717, 1.165) is 11.3 Å². The number of hydrogen-bond donors (Lipinski definition) is 0. The molecule has 0 atom stereocenters.